The van der Waals surface area contributed by atoms with Crippen LogP contribution in [0.5, 0.6) is 5.88 Å². The molecule has 0 aromatic carbocycles. The van der Waals surface area contributed by atoms with Crippen molar-refractivity contribution >= 4 is 36.3 Å². The third-order valence-corrected chi connectivity index (χ3v) is 23.2. The molecular formula is C27H54N2O8SSi3. The summed E-state index contributed by atoms with van der Waals surface area (Å²) in [5, 5.41) is -0.184. The highest BCUT2D eigenvalue weighted by atomic mass is 32.2. The molecule has 1 saturated heterocycles. The SMILES string of the molecule is CC(C)(C)[Si](C)(C)OC[C@H]1O[C@@H](n2ccc(OS(=O)O)nc2=O)C(O[Si](C)(C)C(C)(C)C)[C@H]1O[Si](C)(C)C(C)(C)C. The first-order chi connectivity index (χ1) is 18.2. The lowest BCUT2D eigenvalue weighted by Gasteiger charge is -2.44. The van der Waals surface area contributed by atoms with Crippen LogP contribution in [0.4, 0.5) is 0 Å². The van der Waals surface area contributed by atoms with Crippen LogP contribution in [-0.4, -0.2) is 68.2 Å². The molecule has 1 aromatic heterocycles. The van der Waals surface area contributed by atoms with Crippen molar-refractivity contribution in [2.24, 2.45) is 0 Å². The lowest BCUT2D eigenvalue weighted by atomic mass is 10.1. The summed E-state index contributed by atoms with van der Waals surface area (Å²) in [7, 11) is -6.86. The summed E-state index contributed by atoms with van der Waals surface area (Å²) in [4.78, 5) is 17.1. The van der Waals surface area contributed by atoms with Gasteiger partial charge < -0.3 is 22.2 Å². The van der Waals surface area contributed by atoms with Crippen LogP contribution in [0.2, 0.25) is 54.4 Å². The van der Waals surface area contributed by atoms with E-state index in [2.05, 4.69) is 107 Å². The maximum absolute atomic E-state index is 13.2. The fourth-order valence-corrected chi connectivity index (χ4v) is 7.44. The van der Waals surface area contributed by atoms with E-state index in [1.807, 2.05) is 0 Å². The number of nitrogens with zero attached hydrogens (tertiary/aromatic N) is 2. The molecule has 5 atom stereocenters. The molecule has 41 heavy (non-hydrogen) atoms. The second-order valence-corrected chi connectivity index (χ2v) is 30.5. The minimum Gasteiger partial charge on any atom is -0.414 e. The fraction of sp³-hybridized carbons (Fsp3) is 0.852. The smallest absolute Gasteiger partial charge is 0.359 e. The molecule has 1 N–H and O–H groups in total. The molecule has 2 unspecified atom stereocenters. The van der Waals surface area contributed by atoms with Crippen LogP contribution in [0.3, 0.4) is 0 Å². The Morgan fingerprint density at radius 3 is 1.76 bits per heavy atom. The molecule has 2 rings (SSSR count). The van der Waals surface area contributed by atoms with Gasteiger partial charge in [-0.05, 0) is 54.4 Å². The van der Waals surface area contributed by atoms with Crippen LogP contribution in [0.1, 0.15) is 68.5 Å². The lowest BCUT2D eigenvalue weighted by Crippen LogP contribution is -2.54. The minimum atomic E-state index is -2.60. The molecule has 0 spiro atoms. The van der Waals surface area contributed by atoms with Crippen LogP contribution in [0, 0.1) is 0 Å². The van der Waals surface area contributed by atoms with Crippen LogP contribution < -0.4 is 9.87 Å². The van der Waals surface area contributed by atoms with E-state index >= 15 is 0 Å². The molecule has 0 aliphatic carbocycles. The molecule has 10 nitrogen and oxygen atoms in total. The van der Waals surface area contributed by atoms with Gasteiger partial charge in [0.05, 0.1) is 6.61 Å². The summed E-state index contributed by atoms with van der Waals surface area (Å²) >= 11 is -2.60. The highest BCUT2D eigenvalue weighted by Crippen LogP contribution is 2.46. The Morgan fingerprint density at radius 2 is 1.34 bits per heavy atom. The van der Waals surface area contributed by atoms with Gasteiger partial charge in [0.15, 0.2) is 31.2 Å². The van der Waals surface area contributed by atoms with Gasteiger partial charge in [-0.2, -0.15) is 9.19 Å². The molecule has 0 amide bonds. The highest BCUT2D eigenvalue weighted by molar-refractivity contribution is 7.74. The van der Waals surface area contributed by atoms with Crippen molar-refractivity contribution in [2.75, 3.05) is 6.61 Å². The zero-order valence-corrected chi connectivity index (χ0v) is 31.6. The van der Waals surface area contributed by atoms with Crippen LogP contribution in [0.15, 0.2) is 17.1 Å². The molecule has 1 aliphatic rings. The number of aromatic nitrogens is 2. The average molecular weight is 651 g/mol. The minimum absolute atomic E-state index is 0.00130. The number of rotatable bonds is 10. The van der Waals surface area contributed by atoms with Crippen LogP contribution in [-0.2, 0) is 29.4 Å². The van der Waals surface area contributed by atoms with Gasteiger partial charge >= 0.3 is 17.1 Å². The summed E-state index contributed by atoms with van der Waals surface area (Å²) in [6, 6.07) is 1.37. The number of hydrogen-bond donors (Lipinski definition) is 1. The first-order valence-electron chi connectivity index (χ1n) is 14.2. The van der Waals surface area contributed by atoms with Crippen LogP contribution in [0.25, 0.3) is 0 Å². The average Bonchev–Trinajstić information content (AvgIpc) is 3.05. The molecule has 1 aromatic rings. The zero-order valence-electron chi connectivity index (χ0n) is 27.8. The highest BCUT2D eigenvalue weighted by Gasteiger charge is 2.55. The first-order valence-corrected chi connectivity index (χ1v) is 24.0. The van der Waals surface area contributed by atoms with Crippen molar-refractivity contribution in [1.29, 1.82) is 0 Å². The quantitative estimate of drug-likeness (QED) is 0.225. The Balaban J connectivity index is 2.67. The summed E-state index contributed by atoms with van der Waals surface area (Å²) in [6.45, 7) is 33.1. The molecular weight excluding hydrogens is 597 g/mol. The van der Waals surface area contributed by atoms with Crippen molar-refractivity contribution < 1.29 is 31.0 Å². The second kappa shape index (κ2) is 12.3. The van der Waals surface area contributed by atoms with Crippen molar-refractivity contribution in [3.05, 3.63) is 22.7 Å². The standard InChI is InChI=1S/C27H54N2O8SSi3/c1-25(2,3)39(10,11)33-18-19-21(36-40(12,13)26(4,5)6)22(37-41(14,15)27(7,8)9)23(34-19)29-17-16-20(28-24(29)30)35-38(31)32/h16-17,19,21-23H,18H2,1-15H3,(H,31,32)/t19-,21+,22?,23-/m1/s1. The van der Waals surface area contributed by atoms with Gasteiger partial charge in [-0.25, -0.2) is 4.79 Å². The third kappa shape index (κ3) is 8.69. The van der Waals surface area contributed by atoms with Crippen molar-refractivity contribution in [3.8, 4) is 5.88 Å². The van der Waals surface area contributed by atoms with Gasteiger partial charge in [0, 0.05) is 12.3 Å². The van der Waals surface area contributed by atoms with Crippen molar-refractivity contribution in [2.45, 2.75) is 141 Å². The van der Waals surface area contributed by atoms with E-state index in [9.17, 15) is 9.00 Å². The Labute approximate surface area is 252 Å². The Bertz CT molecular complexity index is 1140. The van der Waals surface area contributed by atoms with Crippen molar-refractivity contribution in [1.82, 2.24) is 9.55 Å². The lowest BCUT2D eigenvalue weighted by molar-refractivity contribution is -0.0510. The van der Waals surface area contributed by atoms with E-state index in [1.165, 1.54) is 16.8 Å². The van der Waals surface area contributed by atoms with E-state index in [0.717, 1.165) is 0 Å². The van der Waals surface area contributed by atoms with Gasteiger partial charge in [-0.3, -0.25) is 9.12 Å². The Hall–Kier alpha value is -0.719. The van der Waals surface area contributed by atoms with E-state index < -0.39 is 66.5 Å². The second-order valence-electron chi connectivity index (χ2n) is 15.6. The monoisotopic (exact) mass is 650 g/mol. The van der Waals surface area contributed by atoms with Gasteiger partial charge in [0.1, 0.15) is 18.3 Å². The van der Waals surface area contributed by atoms with E-state index in [4.69, 9.17) is 26.8 Å². The molecule has 1 fully saturated rings. The molecule has 14 heteroatoms. The summed E-state index contributed by atoms with van der Waals surface area (Å²) in [5.41, 5.74) is -0.682. The summed E-state index contributed by atoms with van der Waals surface area (Å²) in [5.74, 6) is -0.251. The Morgan fingerprint density at radius 1 is 0.878 bits per heavy atom. The molecule has 0 bridgehead atoms. The predicted molar refractivity (Wildman–Crippen MR) is 171 cm³/mol. The Kier molecular flexibility index (Phi) is 11.0. The summed E-state index contributed by atoms with van der Waals surface area (Å²) < 4.78 is 53.7. The van der Waals surface area contributed by atoms with Crippen LogP contribution >= 0.6 is 0 Å². The number of hydrogen-bond acceptors (Lipinski definition) is 8. The third-order valence-electron chi connectivity index (χ3n) is 9.41. The zero-order chi connectivity index (χ0) is 32.0. The van der Waals surface area contributed by atoms with Gasteiger partial charge in [-0.1, -0.05) is 62.3 Å². The molecule has 2 heterocycles. The van der Waals surface area contributed by atoms with Crippen molar-refractivity contribution in [3.63, 3.8) is 0 Å². The topological polar surface area (TPSA) is 118 Å². The first kappa shape index (κ1) is 36.5. The van der Waals surface area contributed by atoms with E-state index in [-0.39, 0.29) is 21.0 Å². The van der Waals surface area contributed by atoms with Gasteiger partial charge in [0.25, 0.3) is 0 Å². The maximum Gasteiger partial charge on any atom is 0.359 e. The number of ether oxygens (including phenoxy) is 1. The maximum atomic E-state index is 13.2. The largest absolute Gasteiger partial charge is 0.414 e. The molecule has 238 valence electrons. The normalized spacial score (nSPS) is 24.0. The summed E-state index contributed by atoms with van der Waals surface area (Å²) in [6.07, 6.45) is -0.986. The molecule has 0 saturated carbocycles. The van der Waals surface area contributed by atoms with E-state index in [0.29, 0.717) is 6.61 Å². The predicted octanol–water partition coefficient (Wildman–Crippen LogP) is 6.46. The van der Waals surface area contributed by atoms with Gasteiger partial charge in [0.2, 0.25) is 5.88 Å². The molecule has 1 aliphatic heterocycles. The van der Waals surface area contributed by atoms with Gasteiger partial charge in [-0.15, -0.1) is 0 Å². The fourth-order valence-electron chi connectivity index (χ4n) is 3.59. The molecule has 0 radical (unpaired) electrons. The van der Waals surface area contributed by atoms with E-state index in [1.54, 1.807) is 0 Å².